The molecule has 2 N–H and O–H groups in total. The first-order chi connectivity index (χ1) is 13.5. The number of benzene rings is 2. The van der Waals surface area contributed by atoms with E-state index in [4.69, 9.17) is 4.74 Å². The summed E-state index contributed by atoms with van der Waals surface area (Å²) in [4.78, 5) is 16.7. The molecule has 0 radical (unpaired) electrons. The molecule has 5 nitrogen and oxygen atoms in total. The van der Waals surface area contributed by atoms with Crippen LogP contribution >= 0.6 is 0 Å². The molecule has 3 aromatic rings. The van der Waals surface area contributed by atoms with Gasteiger partial charge in [-0.3, -0.25) is 9.78 Å². The third kappa shape index (κ3) is 5.10. The predicted octanol–water partition coefficient (Wildman–Crippen LogP) is 4.85. The second-order valence-corrected chi connectivity index (χ2v) is 6.83. The van der Waals surface area contributed by atoms with Gasteiger partial charge < -0.3 is 15.4 Å². The highest BCUT2D eigenvalue weighted by Gasteiger charge is 2.10. The Hall–Kier alpha value is -3.34. The largest absolute Gasteiger partial charge is 0.489 e. The number of aryl methyl sites for hydroxylation is 1. The summed E-state index contributed by atoms with van der Waals surface area (Å²) in [5.74, 6) is 0.554. The van der Waals surface area contributed by atoms with E-state index in [1.807, 2.05) is 75.4 Å². The maximum atomic E-state index is 12.5. The van der Waals surface area contributed by atoms with Gasteiger partial charge >= 0.3 is 0 Å². The Morgan fingerprint density at radius 3 is 2.61 bits per heavy atom. The minimum absolute atomic E-state index is 0.0724. The molecule has 0 aliphatic carbocycles. The van der Waals surface area contributed by atoms with Gasteiger partial charge in [-0.2, -0.15) is 0 Å². The normalized spacial score (nSPS) is 10.6. The van der Waals surface area contributed by atoms with E-state index in [0.29, 0.717) is 12.2 Å². The van der Waals surface area contributed by atoms with Crippen LogP contribution in [0.1, 0.15) is 35.5 Å². The topological polar surface area (TPSA) is 63.2 Å². The van der Waals surface area contributed by atoms with Crippen LogP contribution in [0.25, 0.3) is 0 Å². The summed E-state index contributed by atoms with van der Waals surface area (Å²) in [5.41, 5.74) is 4.21. The molecule has 0 atom stereocenters. The summed E-state index contributed by atoms with van der Waals surface area (Å²) in [5, 5.41) is 6.24. The van der Waals surface area contributed by atoms with Crippen molar-refractivity contribution >= 4 is 17.3 Å². The molecule has 28 heavy (non-hydrogen) atoms. The lowest BCUT2D eigenvalue weighted by atomic mass is 10.1. The molecule has 0 unspecified atom stereocenters. The number of ether oxygens (including phenoxy) is 1. The molecule has 0 saturated heterocycles. The van der Waals surface area contributed by atoms with Crippen LogP contribution in [0.4, 0.5) is 11.4 Å². The van der Waals surface area contributed by atoms with E-state index in [1.165, 1.54) is 0 Å². The van der Waals surface area contributed by atoms with Gasteiger partial charge in [0.25, 0.3) is 5.91 Å². The second kappa shape index (κ2) is 9.04. The number of anilines is 2. The lowest BCUT2D eigenvalue weighted by Crippen LogP contribution is -2.24. The Kier molecular flexibility index (Phi) is 6.27. The average Bonchev–Trinajstić information content (AvgIpc) is 2.68. The van der Waals surface area contributed by atoms with Crippen molar-refractivity contribution < 1.29 is 9.53 Å². The zero-order chi connectivity index (χ0) is 19.9. The van der Waals surface area contributed by atoms with Crippen LogP contribution in [0.5, 0.6) is 5.75 Å². The molecule has 0 bridgehead atoms. The molecule has 0 aliphatic heterocycles. The SMILES string of the molecule is Cc1ccccc1CNC(=O)c1cc(Nc2ccccc2OC(C)C)ccn1. The number of para-hydroxylation sites is 2. The number of nitrogens with zero attached hydrogens (tertiary/aromatic N) is 1. The molecule has 2 aromatic carbocycles. The Morgan fingerprint density at radius 2 is 1.82 bits per heavy atom. The van der Waals surface area contributed by atoms with Gasteiger partial charge in [0, 0.05) is 18.4 Å². The lowest BCUT2D eigenvalue weighted by molar-refractivity contribution is 0.0946. The van der Waals surface area contributed by atoms with Gasteiger partial charge in [0.1, 0.15) is 11.4 Å². The molecule has 0 aliphatic rings. The maximum Gasteiger partial charge on any atom is 0.270 e. The third-order valence-electron chi connectivity index (χ3n) is 4.22. The van der Waals surface area contributed by atoms with E-state index in [2.05, 4.69) is 15.6 Å². The van der Waals surface area contributed by atoms with E-state index >= 15 is 0 Å². The fourth-order valence-corrected chi connectivity index (χ4v) is 2.79. The number of aromatic nitrogens is 1. The number of carbonyl (C=O) groups is 1. The Bertz CT molecular complexity index is 954. The van der Waals surface area contributed by atoms with Crippen LogP contribution in [0.15, 0.2) is 66.9 Å². The fraction of sp³-hybridized carbons (Fsp3) is 0.217. The van der Waals surface area contributed by atoms with E-state index < -0.39 is 0 Å². The first-order valence-corrected chi connectivity index (χ1v) is 9.34. The molecule has 1 amide bonds. The van der Waals surface area contributed by atoms with Crippen LogP contribution in [-0.2, 0) is 6.54 Å². The zero-order valence-electron chi connectivity index (χ0n) is 16.4. The predicted molar refractivity (Wildman–Crippen MR) is 112 cm³/mol. The molecular weight excluding hydrogens is 350 g/mol. The Balaban J connectivity index is 1.70. The van der Waals surface area contributed by atoms with Crippen molar-refractivity contribution in [2.45, 2.75) is 33.4 Å². The lowest BCUT2D eigenvalue weighted by Gasteiger charge is -2.15. The first-order valence-electron chi connectivity index (χ1n) is 9.34. The summed E-state index contributed by atoms with van der Waals surface area (Å²) in [6.45, 7) is 6.47. The van der Waals surface area contributed by atoms with Gasteiger partial charge in [-0.05, 0) is 56.2 Å². The third-order valence-corrected chi connectivity index (χ3v) is 4.22. The number of rotatable bonds is 7. The highest BCUT2D eigenvalue weighted by atomic mass is 16.5. The van der Waals surface area contributed by atoms with Crippen molar-refractivity contribution in [2.24, 2.45) is 0 Å². The van der Waals surface area contributed by atoms with E-state index in [1.54, 1.807) is 12.3 Å². The first kappa shape index (κ1) is 19.4. The summed E-state index contributed by atoms with van der Waals surface area (Å²) in [6.07, 6.45) is 1.69. The van der Waals surface area contributed by atoms with Crippen LogP contribution in [0.3, 0.4) is 0 Å². The van der Waals surface area contributed by atoms with Crippen LogP contribution in [0.2, 0.25) is 0 Å². The van der Waals surface area contributed by atoms with E-state index in [0.717, 1.165) is 28.3 Å². The molecule has 1 aromatic heterocycles. The number of hydrogen-bond donors (Lipinski definition) is 2. The Labute approximate surface area is 165 Å². The maximum absolute atomic E-state index is 12.5. The summed E-state index contributed by atoms with van der Waals surface area (Å²) < 4.78 is 5.84. The summed E-state index contributed by atoms with van der Waals surface area (Å²) in [6, 6.07) is 19.3. The molecular formula is C23H25N3O2. The van der Waals surface area contributed by atoms with Gasteiger partial charge in [0.15, 0.2) is 0 Å². The molecule has 1 heterocycles. The van der Waals surface area contributed by atoms with Crippen LogP contribution < -0.4 is 15.4 Å². The van der Waals surface area contributed by atoms with Gasteiger partial charge in [0.05, 0.1) is 11.8 Å². The van der Waals surface area contributed by atoms with Crippen molar-refractivity contribution in [2.75, 3.05) is 5.32 Å². The highest BCUT2D eigenvalue weighted by molar-refractivity contribution is 5.93. The van der Waals surface area contributed by atoms with Crippen molar-refractivity contribution in [1.82, 2.24) is 10.3 Å². The fourth-order valence-electron chi connectivity index (χ4n) is 2.79. The van der Waals surface area contributed by atoms with Gasteiger partial charge in [-0.1, -0.05) is 36.4 Å². The zero-order valence-corrected chi connectivity index (χ0v) is 16.4. The molecule has 3 rings (SSSR count). The van der Waals surface area contributed by atoms with Gasteiger partial charge in [-0.25, -0.2) is 0 Å². The average molecular weight is 375 g/mol. The number of hydrogen-bond acceptors (Lipinski definition) is 4. The van der Waals surface area contributed by atoms with Crippen LogP contribution in [0, 0.1) is 6.92 Å². The smallest absolute Gasteiger partial charge is 0.270 e. The minimum atomic E-state index is -0.210. The Morgan fingerprint density at radius 1 is 1.07 bits per heavy atom. The molecule has 0 saturated carbocycles. The highest BCUT2D eigenvalue weighted by Crippen LogP contribution is 2.28. The van der Waals surface area contributed by atoms with E-state index in [-0.39, 0.29) is 12.0 Å². The summed E-state index contributed by atoms with van der Waals surface area (Å²) >= 11 is 0. The van der Waals surface area contributed by atoms with Crippen molar-refractivity contribution in [3.8, 4) is 5.75 Å². The van der Waals surface area contributed by atoms with Gasteiger partial charge in [0.2, 0.25) is 0 Å². The molecule has 0 spiro atoms. The quantitative estimate of drug-likeness (QED) is 0.620. The number of nitrogens with one attached hydrogen (secondary N) is 2. The van der Waals surface area contributed by atoms with Gasteiger partial charge in [-0.15, -0.1) is 0 Å². The summed E-state index contributed by atoms with van der Waals surface area (Å²) in [7, 11) is 0. The monoisotopic (exact) mass is 375 g/mol. The number of amides is 1. The number of pyridine rings is 1. The van der Waals surface area contributed by atoms with E-state index in [9.17, 15) is 4.79 Å². The minimum Gasteiger partial charge on any atom is -0.489 e. The van der Waals surface area contributed by atoms with Crippen molar-refractivity contribution in [1.29, 1.82) is 0 Å². The molecule has 0 fully saturated rings. The molecule has 144 valence electrons. The molecule has 5 heteroatoms. The van der Waals surface area contributed by atoms with Crippen molar-refractivity contribution in [3.05, 3.63) is 83.7 Å². The number of carbonyl (C=O) groups excluding carboxylic acids is 1. The standard InChI is InChI=1S/C23H25N3O2/c1-16(2)28-22-11-7-6-10-20(22)26-19-12-13-24-21(14-19)23(27)25-15-18-9-5-4-8-17(18)3/h4-14,16H,15H2,1-3H3,(H,24,26)(H,25,27). The van der Waals surface area contributed by atoms with Crippen molar-refractivity contribution in [3.63, 3.8) is 0 Å². The second-order valence-electron chi connectivity index (χ2n) is 6.83. The van der Waals surface area contributed by atoms with Crippen LogP contribution in [-0.4, -0.2) is 17.0 Å².